The monoisotopic (exact) mass is 326 g/mol. The molecule has 2 aromatic rings. The van der Waals surface area contributed by atoms with Crippen LogP contribution in [0.3, 0.4) is 0 Å². The van der Waals surface area contributed by atoms with Crippen molar-refractivity contribution in [1.82, 2.24) is 14.9 Å². The Morgan fingerprint density at radius 2 is 1.83 bits per heavy atom. The number of carbonyl (C=O) groups excluding carboxylic acids is 1. The molecular formula is C18H22N4O2. The van der Waals surface area contributed by atoms with E-state index in [1.165, 1.54) is 12.7 Å². The minimum Gasteiger partial charge on any atom is -0.465 e. The van der Waals surface area contributed by atoms with Crippen molar-refractivity contribution < 1.29 is 9.53 Å². The van der Waals surface area contributed by atoms with Gasteiger partial charge in [-0.2, -0.15) is 0 Å². The molecule has 1 aromatic carbocycles. The third-order valence-electron chi connectivity index (χ3n) is 4.57. The third kappa shape index (κ3) is 3.54. The number of benzene rings is 1. The van der Waals surface area contributed by atoms with E-state index >= 15 is 0 Å². The van der Waals surface area contributed by atoms with E-state index in [1.54, 1.807) is 12.5 Å². The lowest BCUT2D eigenvalue weighted by Crippen LogP contribution is -2.47. The van der Waals surface area contributed by atoms with Gasteiger partial charge in [-0.1, -0.05) is 12.1 Å². The van der Waals surface area contributed by atoms with Gasteiger partial charge in [0.2, 0.25) is 0 Å². The van der Waals surface area contributed by atoms with Crippen molar-refractivity contribution in [3.63, 3.8) is 0 Å². The van der Waals surface area contributed by atoms with Crippen LogP contribution in [0, 0.1) is 0 Å². The number of ether oxygens (including phenoxy) is 1. The zero-order valence-electron chi connectivity index (χ0n) is 14.1. The predicted molar refractivity (Wildman–Crippen MR) is 92.0 cm³/mol. The maximum Gasteiger partial charge on any atom is 0.337 e. The highest BCUT2D eigenvalue weighted by atomic mass is 16.5. The fraction of sp³-hybridized carbons (Fsp3) is 0.389. The summed E-state index contributed by atoms with van der Waals surface area (Å²) >= 11 is 0. The molecule has 0 unspecified atom stereocenters. The second kappa shape index (κ2) is 7.40. The standard InChI is InChI=1S/C18H22N4O2/c1-14(15-3-5-16(6-4-15)18(23)24-2)21-9-11-22(12-10-21)17-7-8-19-13-20-17/h3-8,13-14H,9-12H2,1-2H3/t14-/m1/s1. The molecule has 1 aliphatic heterocycles. The maximum atomic E-state index is 11.5. The summed E-state index contributed by atoms with van der Waals surface area (Å²) in [5.41, 5.74) is 1.79. The number of rotatable bonds is 4. The van der Waals surface area contributed by atoms with Crippen LogP contribution in [0.4, 0.5) is 5.82 Å². The molecule has 0 aliphatic carbocycles. The van der Waals surface area contributed by atoms with Gasteiger partial charge in [-0.05, 0) is 30.7 Å². The number of hydrogen-bond donors (Lipinski definition) is 0. The lowest BCUT2D eigenvalue weighted by atomic mass is 10.0. The average Bonchev–Trinajstić information content (AvgIpc) is 2.68. The Balaban J connectivity index is 1.60. The summed E-state index contributed by atoms with van der Waals surface area (Å²) in [6.07, 6.45) is 3.37. The molecule has 0 radical (unpaired) electrons. The molecule has 1 fully saturated rings. The van der Waals surface area contributed by atoms with Gasteiger partial charge >= 0.3 is 5.97 Å². The van der Waals surface area contributed by atoms with Crippen LogP contribution < -0.4 is 4.90 Å². The van der Waals surface area contributed by atoms with E-state index in [0.717, 1.165) is 32.0 Å². The van der Waals surface area contributed by atoms with Crippen molar-refractivity contribution in [2.24, 2.45) is 0 Å². The van der Waals surface area contributed by atoms with Crippen LogP contribution in [0.1, 0.15) is 28.9 Å². The van der Waals surface area contributed by atoms with Crippen LogP contribution in [0.15, 0.2) is 42.9 Å². The zero-order chi connectivity index (χ0) is 16.9. The van der Waals surface area contributed by atoms with Gasteiger partial charge in [0.1, 0.15) is 12.1 Å². The largest absolute Gasteiger partial charge is 0.465 e. The normalized spacial score (nSPS) is 16.7. The Hall–Kier alpha value is -2.47. The second-order valence-corrected chi connectivity index (χ2v) is 5.88. The summed E-state index contributed by atoms with van der Waals surface area (Å²) in [6.45, 7) is 6.05. The van der Waals surface area contributed by atoms with Crippen molar-refractivity contribution in [3.8, 4) is 0 Å². The van der Waals surface area contributed by atoms with Gasteiger partial charge in [0.15, 0.2) is 0 Å². The molecule has 0 bridgehead atoms. The number of hydrogen-bond acceptors (Lipinski definition) is 6. The number of aromatic nitrogens is 2. The maximum absolute atomic E-state index is 11.5. The zero-order valence-corrected chi connectivity index (χ0v) is 14.1. The van der Waals surface area contributed by atoms with Gasteiger partial charge in [0, 0.05) is 38.4 Å². The van der Waals surface area contributed by atoms with Crippen molar-refractivity contribution in [1.29, 1.82) is 0 Å². The fourth-order valence-corrected chi connectivity index (χ4v) is 3.04. The van der Waals surface area contributed by atoms with Gasteiger partial charge < -0.3 is 9.64 Å². The summed E-state index contributed by atoms with van der Waals surface area (Å²) in [6, 6.07) is 9.93. The Bertz CT molecular complexity index is 667. The summed E-state index contributed by atoms with van der Waals surface area (Å²) in [4.78, 5) is 24.5. The molecule has 0 saturated carbocycles. The molecular weight excluding hydrogens is 304 g/mol. The molecule has 3 rings (SSSR count). The molecule has 1 aliphatic rings. The van der Waals surface area contributed by atoms with Crippen LogP contribution in [-0.4, -0.2) is 54.1 Å². The molecule has 2 heterocycles. The van der Waals surface area contributed by atoms with E-state index in [0.29, 0.717) is 11.6 Å². The van der Waals surface area contributed by atoms with Crippen molar-refractivity contribution >= 4 is 11.8 Å². The Kier molecular flexibility index (Phi) is 5.05. The molecule has 1 saturated heterocycles. The molecule has 0 N–H and O–H groups in total. The summed E-state index contributed by atoms with van der Waals surface area (Å²) in [5, 5.41) is 0. The number of nitrogens with zero attached hydrogens (tertiary/aromatic N) is 4. The minimum absolute atomic E-state index is 0.298. The van der Waals surface area contributed by atoms with Crippen molar-refractivity contribution in [3.05, 3.63) is 54.0 Å². The summed E-state index contributed by atoms with van der Waals surface area (Å²) in [7, 11) is 1.40. The molecule has 126 valence electrons. The fourth-order valence-electron chi connectivity index (χ4n) is 3.04. The number of carbonyl (C=O) groups is 1. The summed E-state index contributed by atoms with van der Waals surface area (Å²) in [5.74, 6) is 0.687. The van der Waals surface area contributed by atoms with Crippen LogP contribution in [0.5, 0.6) is 0 Å². The molecule has 0 amide bonds. The van der Waals surface area contributed by atoms with Crippen LogP contribution >= 0.6 is 0 Å². The molecule has 0 spiro atoms. The first-order valence-corrected chi connectivity index (χ1v) is 8.12. The Labute approximate surface area is 142 Å². The first-order chi connectivity index (χ1) is 11.7. The molecule has 24 heavy (non-hydrogen) atoms. The quantitative estimate of drug-likeness (QED) is 0.803. The van der Waals surface area contributed by atoms with Crippen LogP contribution in [0.2, 0.25) is 0 Å². The van der Waals surface area contributed by atoms with Crippen LogP contribution in [-0.2, 0) is 4.74 Å². The SMILES string of the molecule is COC(=O)c1ccc([C@@H](C)N2CCN(c3ccncn3)CC2)cc1. The molecule has 6 nitrogen and oxygen atoms in total. The van der Waals surface area contributed by atoms with Gasteiger partial charge in [-0.3, -0.25) is 4.90 Å². The summed E-state index contributed by atoms with van der Waals surface area (Å²) < 4.78 is 4.74. The highest BCUT2D eigenvalue weighted by molar-refractivity contribution is 5.89. The highest BCUT2D eigenvalue weighted by Gasteiger charge is 2.22. The van der Waals surface area contributed by atoms with E-state index in [-0.39, 0.29) is 5.97 Å². The third-order valence-corrected chi connectivity index (χ3v) is 4.57. The number of methoxy groups -OCH3 is 1. The lowest BCUT2D eigenvalue weighted by Gasteiger charge is -2.38. The van der Waals surface area contributed by atoms with E-state index in [2.05, 4.69) is 26.7 Å². The van der Waals surface area contributed by atoms with Gasteiger partial charge in [-0.15, -0.1) is 0 Å². The second-order valence-electron chi connectivity index (χ2n) is 5.88. The molecule has 1 atom stereocenters. The molecule has 1 aromatic heterocycles. The topological polar surface area (TPSA) is 58.6 Å². The minimum atomic E-state index is -0.298. The Morgan fingerprint density at radius 1 is 1.12 bits per heavy atom. The first kappa shape index (κ1) is 16.4. The van der Waals surface area contributed by atoms with E-state index < -0.39 is 0 Å². The van der Waals surface area contributed by atoms with Crippen molar-refractivity contribution in [2.75, 3.05) is 38.2 Å². The van der Waals surface area contributed by atoms with E-state index in [1.807, 2.05) is 30.3 Å². The van der Waals surface area contributed by atoms with Gasteiger partial charge in [-0.25, -0.2) is 14.8 Å². The van der Waals surface area contributed by atoms with Gasteiger partial charge in [0.25, 0.3) is 0 Å². The predicted octanol–water partition coefficient (Wildman–Crippen LogP) is 2.15. The highest BCUT2D eigenvalue weighted by Crippen LogP contribution is 2.23. The van der Waals surface area contributed by atoms with E-state index in [9.17, 15) is 4.79 Å². The van der Waals surface area contributed by atoms with Gasteiger partial charge in [0.05, 0.1) is 12.7 Å². The van der Waals surface area contributed by atoms with E-state index in [4.69, 9.17) is 4.74 Å². The number of anilines is 1. The van der Waals surface area contributed by atoms with Crippen LogP contribution in [0.25, 0.3) is 0 Å². The van der Waals surface area contributed by atoms with Crippen molar-refractivity contribution in [2.45, 2.75) is 13.0 Å². The average molecular weight is 326 g/mol. The lowest BCUT2D eigenvalue weighted by molar-refractivity contribution is 0.0600. The smallest absolute Gasteiger partial charge is 0.337 e. The number of esters is 1. The molecule has 6 heteroatoms. The number of piperazine rings is 1. The first-order valence-electron chi connectivity index (χ1n) is 8.12. The Morgan fingerprint density at radius 3 is 2.42 bits per heavy atom.